The Morgan fingerprint density at radius 1 is 1.53 bits per heavy atom. The monoisotopic (exact) mass is 232 g/mol. The lowest BCUT2D eigenvalue weighted by Crippen LogP contribution is -2.44. The van der Waals surface area contributed by atoms with Crippen molar-refractivity contribution in [3.8, 4) is 0 Å². The van der Waals surface area contributed by atoms with Crippen molar-refractivity contribution in [2.75, 3.05) is 0 Å². The standard InChI is InChI=1S/C14H20N2O/c1-10(14-6-4-11(9-14)5-7-14)16-13(17)12-3-2-8-15-12/h2-3,8,10-11,15H,4-7,9H2,1H3,(H,16,17). The fraction of sp³-hybridized carbons (Fsp3) is 0.643. The van der Waals surface area contributed by atoms with E-state index in [1.807, 2.05) is 12.1 Å². The first-order valence-electron chi connectivity index (χ1n) is 6.64. The Morgan fingerprint density at radius 2 is 2.29 bits per heavy atom. The van der Waals surface area contributed by atoms with E-state index < -0.39 is 0 Å². The van der Waals surface area contributed by atoms with Crippen molar-refractivity contribution in [1.29, 1.82) is 0 Å². The fourth-order valence-electron chi connectivity index (χ4n) is 3.74. The number of aromatic nitrogens is 1. The Bertz CT molecular complexity index is 402. The summed E-state index contributed by atoms with van der Waals surface area (Å²) in [6, 6.07) is 3.98. The van der Waals surface area contributed by atoms with E-state index in [9.17, 15) is 4.79 Å². The van der Waals surface area contributed by atoms with E-state index in [1.54, 1.807) is 6.20 Å². The maximum absolute atomic E-state index is 12.0. The van der Waals surface area contributed by atoms with Crippen LogP contribution in [-0.4, -0.2) is 16.9 Å². The highest BCUT2D eigenvalue weighted by Crippen LogP contribution is 2.55. The third kappa shape index (κ3) is 1.78. The number of carbonyl (C=O) groups is 1. The highest BCUT2D eigenvalue weighted by atomic mass is 16.1. The number of amides is 1. The van der Waals surface area contributed by atoms with Crippen LogP contribution in [0.2, 0.25) is 0 Å². The van der Waals surface area contributed by atoms with Crippen LogP contribution in [-0.2, 0) is 0 Å². The molecule has 1 heterocycles. The minimum absolute atomic E-state index is 0.0345. The predicted octanol–water partition coefficient (Wildman–Crippen LogP) is 2.71. The zero-order valence-electron chi connectivity index (χ0n) is 10.3. The molecular weight excluding hydrogens is 212 g/mol. The molecule has 0 spiro atoms. The SMILES string of the molecule is CC(NC(=O)c1ccc[nH]1)C12CCC(CC1)C2. The summed E-state index contributed by atoms with van der Waals surface area (Å²) in [4.78, 5) is 15.0. The van der Waals surface area contributed by atoms with Crippen molar-refractivity contribution in [1.82, 2.24) is 10.3 Å². The quantitative estimate of drug-likeness (QED) is 0.827. The average molecular weight is 232 g/mol. The normalized spacial score (nSPS) is 32.6. The average Bonchev–Trinajstić information content (AvgIpc) is 3.06. The van der Waals surface area contributed by atoms with Gasteiger partial charge < -0.3 is 10.3 Å². The third-order valence-electron chi connectivity index (χ3n) is 4.90. The van der Waals surface area contributed by atoms with Crippen LogP contribution in [0.1, 0.15) is 49.5 Å². The lowest BCUT2D eigenvalue weighted by molar-refractivity contribution is 0.0884. The maximum Gasteiger partial charge on any atom is 0.267 e. The van der Waals surface area contributed by atoms with E-state index in [1.165, 1.54) is 32.1 Å². The van der Waals surface area contributed by atoms with E-state index in [0.29, 0.717) is 17.2 Å². The summed E-state index contributed by atoms with van der Waals surface area (Å²) in [5, 5.41) is 3.17. The Balaban J connectivity index is 1.67. The molecule has 17 heavy (non-hydrogen) atoms. The number of fused-ring (bicyclic) bond motifs is 2. The van der Waals surface area contributed by atoms with E-state index >= 15 is 0 Å². The van der Waals surface area contributed by atoms with Gasteiger partial charge >= 0.3 is 0 Å². The summed E-state index contributed by atoms with van der Waals surface area (Å²) >= 11 is 0. The van der Waals surface area contributed by atoms with Crippen LogP contribution >= 0.6 is 0 Å². The van der Waals surface area contributed by atoms with E-state index in [0.717, 1.165) is 5.92 Å². The number of carbonyl (C=O) groups excluding carboxylic acids is 1. The second-order valence-corrected chi connectivity index (χ2v) is 5.79. The molecule has 0 aliphatic heterocycles. The van der Waals surface area contributed by atoms with Gasteiger partial charge in [-0.3, -0.25) is 4.79 Å². The predicted molar refractivity (Wildman–Crippen MR) is 66.7 cm³/mol. The summed E-state index contributed by atoms with van der Waals surface area (Å²) in [6.07, 6.45) is 8.43. The molecule has 1 atom stereocenters. The van der Waals surface area contributed by atoms with Crippen molar-refractivity contribution in [2.45, 2.75) is 45.1 Å². The van der Waals surface area contributed by atoms with E-state index in [4.69, 9.17) is 0 Å². The lowest BCUT2D eigenvalue weighted by atomic mass is 9.78. The van der Waals surface area contributed by atoms with Crippen LogP contribution in [0.25, 0.3) is 0 Å². The van der Waals surface area contributed by atoms with Gasteiger partial charge in [0.15, 0.2) is 0 Å². The maximum atomic E-state index is 12.0. The summed E-state index contributed by atoms with van der Waals surface area (Å²) in [5.74, 6) is 0.965. The first-order valence-corrected chi connectivity index (χ1v) is 6.64. The van der Waals surface area contributed by atoms with E-state index in [-0.39, 0.29) is 5.91 Å². The second kappa shape index (κ2) is 3.90. The fourth-order valence-corrected chi connectivity index (χ4v) is 3.74. The highest BCUT2D eigenvalue weighted by Gasteiger charge is 2.48. The topological polar surface area (TPSA) is 44.9 Å². The van der Waals surface area contributed by atoms with Crippen LogP contribution in [0.3, 0.4) is 0 Å². The molecule has 0 saturated heterocycles. The van der Waals surface area contributed by atoms with Gasteiger partial charge in [-0.1, -0.05) is 0 Å². The Hall–Kier alpha value is -1.25. The van der Waals surface area contributed by atoms with Gasteiger partial charge in [0.1, 0.15) is 5.69 Å². The zero-order valence-corrected chi connectivity index (χ0v) is 10.3. The summed E-state index contributed by atoms with van der Waals surface area (Å²) in [5.41, 5.74) is 1.06. The Kier molecular flexibility index (Phi) is 2.49. The van der Waals surface area contributed by atoms with Gasteiger partial charge in [0.05, 0.1) is 0 Å². The van der Waals surface area contributed by atoms with Crippen LogP contribution in [0.4, 0.5) is 0 Å². The number of nitrogens with one attached hydrogen (secondary N) is 2. The summed E-state index contributed by atoms with van der Waals surface area (Å²) in [6.45, 7) is 2.18. The van der Waals surface area contributed by atoms with Crippen LogP contribution in [0.5, 0.6) is 0 Å². The van der Waals surface area contributed by atoms with Crippen LogP contribution in [0.15, 0.2) is 18.3 Å². The van der Waals surface area contributed by atoms with Crippen molar-refractivity contribution in [2.24, 2.45) is 11.3 Å². The Morgan fingerprint density at radius 3 is 2.82 bits per heavy atom. The largest absolute Gasteiger partial charge is 0.357 e. The molecule has 0 radical (unpaired) electrons. The van der Waals surface area contributed by atoms with Gasteiger partial charge in [0.2, 0.25) is 0 Å². The highest BCUT2D eigenvalue weighted by molar-refractivity contribution is 5.92. The van der Waals surface area contributed by atoms with Crippen LogP contribution in [0, 0.1) is 11.3 Å². The smallest absolute Gasteiger partial charge is 0.267 e. The van der Waals surface area contributed by atoms with Crippen molar-refractivity contribution < 1.29 is 4.79 Å². The number of rotatable bonds is 3. The lowest BCUT2D eigenvalue weighted by Gasteiger charge is -2.34. The van der Waals surface area contributed by atoms with Crippen molar-refractivity contribution >= 4 is 5.91 Å². The number of hydrogen-bond donors (Lipinski definition) is 2. The zero-order chi connectivity index (χ0) is 11.9. The molecular formula is C14H20N2O. The van der Waals surface area contributed by atoms with Gasteiger partial charge in [0.25, 0.3) is 5.91 Å². The number of aromatic amines is 1. The van der Waals surface area contributed by atoms with Gasteiger partial charge in [-0.05, 0) is 62.5 Å². The molecule has 1 amide bonds. The van der Waals surface area contributed by atoms with E-state index in [2.05, 4.69) is 17.2 Å². The molecule has 2 aliphatic carbocycles. The van der Waals surface area contributed by atoms with Gasteiger partial charge in [0, 0.05) is 12.2 Å². The molecule has 1 aromatic rings. The molecule has 3 nitrogen and oxygen atoms in total. The molecule has 1 aromatic heterocycles. The van der Waals surface area contributed by atoms with Gasteiger partial charge in [-0.2, -0.15) is 0 Å². The van der Waals surface area contributed by atoms with Crippen molar-refractivity contribution in [3.05, 3.63) is 24.0 Å². The summed E-state index contributed by atoms with van der Waals surface area (Å²) in [7, 11) is 0. The molecule has 2 N–H and O–H groups in total. The molecule has 2 aliphatic rings. The molecule has 1 unspecified atom stereocenters. The minimum Gasteiger partial charge on any atom is -0.357 e. The molecule has 2 fully saturated rings. The molecule has 3 heteroatoms. The Labute approximate surface area is 102 Å². The molecule has 2 saturated carbocycles. The second-order valence-electron chi connectivity index (χ2n) is 5.79. The van der Waals surface area contributed by atoms with Gasteiger partial charge in [-0.15, -0.1) is 0 Å². The van der Waals surface area contributed by atoms with Crippen molar-refractivity contribution in [3.63, 3.8) is 0 Å². The first-order chi connectivity index (χ1) is 8.20. The molecule has 0 aromatic carbocycles. The third-order valence-corrected chi connectivity index (χ3v) is 4.90. The number of H-pyrrole nitrogens is 1. The number of hydrogen-bond acceptors (Lipinski definition) is 1. The molecule has 2 bridgehead atoms. The van der Waals surface area contributed by atoms with Crippen LogP contribution < -0.4 is 5.32 Å². The molecule has 3 rings (SSSR count). The minimum atomic E-state index is 0.0345. The first kappa shape index (κ1) is 10.9. The molecule has 92 valence electrons. The van der Waals surface area contributed by atoms with Gasteiger partial charge in [-0.25, -0.2) is 0 Å². The summed E-state index contributed by atoms with van der Waals surface area (Å²) < 4.78 is 0.